The highest BCUT2D eigenvalue weighted by Crippen LogP contribution is 2.19. The van der Waals surface area contributed by atoms with Crippen molar-refractivity contribution in [1.29, 1.82) is 0 Å². The van der Waals surface area contributed by atoms with Crippen molar-refractivity contribution in [3.63, 3.8) is 0 Å². The molecule has 0 saturated carbocycles. The maximum Gasteiger partial charge on any atom is 0.315 e. The van der Waals surface area contributed by atoms with Crippen molar-refractivity contribution < 1.29 is 9.53 Å². The zero-order valence-electron chi connectivity index (χ0n) is 16.3. The van der Waals surface area contributed by atoms with Crippen LogP contribution >= 0.6 is 0 Å². The fourth-order valence-corrected chi connectivity index (χ4v) is 2.77. The minimum absolute atomic E-state index is 0.216. The first kappa shape index (κ1) is 20.1. The van der Waals surface area contributed by atoms with Gasteiger partial charge in [-0.2, -0.15) is 5.10 Å². The van der Waals surface area contributed by atoms with Crippen molar-refractivity contribution in [1.82, 2.24) is 20.4 Å². The molecule has 0 radical (unpaired) electrons. The van der Waals surface area contributed by atoms with Crippen molar-refractivity contribution in [2.45, 2.75) is 20.0 Å². The van der Waals surface area contributed by atoms with Crippen LogP contribution in [-0.4, -0.2) is 29.0 Å². The lowest BCUT2D eigenvalue weighted by Gasteiger charge is -2.10. The number of aromatic nitrogens is 2. The highest BCUT2D eigenvalue weighted by molar-refractivity contribution is 5.73. The molecule has 0 aliphatic carbocycles. The summed E-state index contributed by atoms with van der Waals surface area (Å²) in [6, 6.07) is 20.1. The summed E-state index contributed by atoms with van der Waals surface area (Å²) < 4.78 is 6.79. The number of amides is 2. The molecule has 0 saturated heterocycles. The van der Waals surface area contributed by atoms with Crippen LogP contribution in [0.25, 0.3) is 11.3 Å². The van der Waals surface area contributed by atoms with Gasteiger partial charge in [0.1, 0.15) is 5.75 Å². The van der Waals surface area contributed by atoms with Gasteiger partial charge < -0.3 is 15.4 Å². The molecule has 2 amide bonds. The van der Waals surface area contributed by atoms with Crippen LogP contribution in [0.2, 0.25) is 0 Å². The Hall–Kier alpha value is -3.61. The molecule has 0 atom stereocenters. The number of ether oxygens (including phenoxy) is 1. The average Bonchev–Trinajstić information content (AvgIpc) is 2.75. The van der Waals surface area contributed by atoms with E-state index in [1.807, 2.05) is 61.5 Å². The summed E-state index contributed by atoms with van der Waals surface area (Å²) >= 11 is 0. The van der Waals surface area contributed by atoms with Crippen LogP contribution in [0.4, 0.5) is 4.79 Å². The highest BCUT2D eigenvalue weighted by Gasteiger charge is 2.05. The first-order valence-electron chi connectivity index (χ1n) is 9.52. The van der Waals surface area contributed by atoms with E-state index < -0.39 is 0 Å². The first-order valence-corrected chi connectivity index (χ1v) is 9.52. The van der Waals surface area contributed by atoms with Gasteiger partial charge in [0.25, 0.3) is 5.56 Å². The van der Waals surface area contributed by atoms with Gasteiger partial charge in [0, 0.05) is 24.7 Å². The number of benzene rings is 2. The number of urea groups is 1. The van der Waals surface area contributed by atoms with E-state index >= 15 is 0 Å². The largest absolute Gasteiger partial charge is 0.494 e. The quantitative estimate of drug-likeness (QED) is 0.617. The summed E-state index contributed by atoms with van der Waals surface area (Å²) in [5, 5.41) is 9.93. The van der Waals surface area contributed by atoms with Crippen LogP contribution in [0.15, 0.2) is 71.5 Å². The number of carbonyl (C=O) groups is 1. The Balaban J connectivity index is 1.54. The summed E-state index contributed by atoms with van der Waals surface area (Å²) in [6.07, 6.45) is 0. The minimum atomic E-state index is -0.287. The summed E-state index contributed by atoms with van der Waals surface area (Å²) in [6.45, 7) is 3.55. The summed E-state index contributed by atoms with van der Waals surface area (Å²) in [5.41, 5.74) is 2.37. The summed E-state index contributed by atoms with van der Waals surface area (Å²) in [7, 11) is 0. The van der Waals surface area contributed by atoms with Crippen molar-refractivity contribution in [3.05, 3.63) is 82.6 Å². The number of carbonyl (C=O) groups excluding carboxylic acids is 1. The number of nitrogens with one attached hydrogen (secondary N) is 2. The molecule has 0 bridgehead atoms. The molecule has 3 aromatic rings. The Bertz CT molecular complexity index is 985. The summed E-state index contributed by atoms with van der Waals surface area (Å²) in [4.78, 5) is 24.0. The van der Waals surface area contributed by atoms with Gasteiger partial charge in [-0.1, -0.05) is 30.3 Å². The Morgan fingerprint density at radius 1 is 1.00 bits per heavy atom. The van der Waals surface area contributed by atoms with E-state index in [2.05, 4.69) is 15.7 Å². The minimum Gasteiger partial charge on any atom is -0.494 e. The molecule has 7 nitrogen and oxygen atoms in total. The third-order valence-corrected chi connectivity index (χ3v) is 4.23. The second-order valence-electron chi connectivity index (χ2n) is 6.33. The Labute approximate surface area is 169 Å². The van der Waals surface area contributed by atoms with E-state index in [9.17, 15) is 9.59 Å². The maximum atomic E-state index is 12.1. The van der Waals surface area contributed by atoms with Crippen LogP contribution in [0, 0.1) is 0 Å². The maximum absolute atomic E-state index is 12.1. The van der Waals surface area contributed by atoms with Gasteiger partial charge in [-0.15, -0.1) is 0 Å². The molecule has 29 heavy (non-hydrogen) atoms. The van der Waals surface area contributed by atoms with E-state index in [0.29, 0.717) is 25.4 Å². The molecule has 150 valence electrons. The van der Waals surface area contributed by atoms with Gasteiger partial charge in [-0.3, -0.25) is 4.79 Å². The van der Waals surface area contributed by atoms with E-state index in [0.717, 1.165) is 16.9 Å². The fraction of sp³-hybridized carbons (Fsp3) is 0.227. The molecule has 0 spiro atoms. The third-order valence-electron chi connectivity index (χ3n) is 4.23. The van der Waals surface area contributed by atoms with Crippen LogP contribution in [-0.2, 0) is 13.1 Å². The van der Waals surface area contributed by atoms with E-state index in [4.69, 9.17) is 4.74 Å². The Kier molecular flexibility index (Phi) is 7.00. The molecule has 1 heterocycles. The third kappa shape index (κ3) is 5.93. The van der Waals surface area contributed by atoms with Gasteiger partial charge in [0.05, 0.1) is 18.8 Å². The highest BCUT2D eigenvalue weighted by atomic mass is 16.5. The lowest BCUT2D eigenvalue weighted by atomic mass is 10.1. The number of hydrogen-bond donors (Lipinski definition) is 2. The van der Waals surface area contributed by atoms with Crippen molar-refractivity contribution in [2.24, 2.45) is 0 Å². The van der Waals surface area contributed by atoms with Gasteiger partial charge >= 0.3 is 6.03 Å². The SMILES string of the molecule is CCOc1ccc(-c2ccc(=O)n(CCNC(=O)NCc3ccccc3)n2)cc1. The Morgan fingerprint density at radius 2 is 1.76 bits per heavy atom. The summed E-state index contributed by atoms with van der Waals surface area (Å²) in [5.74, 6) is 0.787. The van der Waals surface area contributed by atoms with Gasteiger partial charge in [0.15, 0.2) is 0 Å². The second-order valence-corrected chi connectivity index (χ2v) is 6.33. The predicted octanol–water partition coefficient (Wildman–Crippen LogP) is 2.81. The lowest BCUT2D eigenvalue weighted by molar-refractivity contribution is 0.240. The van der Waals surface area contributed by atoms with Crippen molar-refractivity contribution in [2.75, 3.05) is 13.2 Å². The fourth-order valence-electron chi connectivity index (χ4n) is 2.77. The van der Waals surface area contributed by atoms with E-state index in [1.165, 1.54) is 10.7 Å². The van der Waals surface area contributed by atoms with Gasteiger partial charge in [-0.05, 0) is 42.8 Å². The van der Waals surface area contributed by atoms with Crippen LogP contribution in [0.3, 0.4) is 0 Å². The molecule has 1 aromatic heterocycles. The molecule has 0 aliphatic rings. The molecule has 2 N–H and O–H groups in total. The topological polar surface area (TPSA) is 85.2 Å². The monoisotopic (exact) mass is 392 g/mol. The Morgan fingerprint density at radius 3 is 2.48 bits per heavy atom. The molecule has 0 fully saturated rings. The number of hydrogen-bond acceptors (Lipinski definition) is 4. The van der Waals surface area contributed by atoms with Crippen molar-refractivity contribution in [3.8, 4) is 17.0 Å². The molecule has 0 aliphatic heterocycles. The van der Waals surface area contributed by atoms with E-state index in [-0.39, 0.29) is 18.1 Å². The van der Waals surface area contributed by atoms with Crippen LogP contribution < -0.4 is 20.9 Å². The van der Waals surface area contributed by atoms with Crippen molar-refractivity contribution >= 4 is 6.03 Å². The molecule has 0 unspecified atom stereocenters. The average molecular weight is 392 g/mol. The normalized spacial score (nSPS) is 10.4. The molecule has 7 heteroatoms. The molecular weight excluding hydrogens is 368 g/mol. The second kappa shape index (κ2) is 10.1. The predicted molar refractivity (Wildman–Crippen MR) is 112 cm³/mol. The zero-order chi connectivity index (χ0) is 20.5. The lowest BCUT2D eigenvalue weighted by Crippen LogP contribution is -2.38. The van der Waals surface area contributed by atoms with E-state index in [1.54, 1.807) is 6.07 Å². The zero-order valence-corrected chi connectivity index (χ0v) is 16.3. The number of nitrogens with zero attached hydrogens (tertiary/aromatic N) is 2. The first-order chi connectivity index (χ1) is 14.2. The van der Waals surface area contributed by atoms with Crippen LogP contribution in [0.5, 0.6) is 5.75 Å². The smallest absolute Gasteiger partial charge is 0.315 e. The molecule has 2 aromatic carbocycles. The van der Waals surface area contributed by atoms with Crippen LogP contribution in [0.1, 0.15) is 12.5 Å². The standard InChI is InChI=1S/C22H24N4O3/c1-2-29-19-10-8-18(9-11-19)20-12-13-21(27)26(25-20)15-14-23-22(28)24-16-17-6-4-3-5-7-17/h3-13H,2,14-16H2,1H3,(H2,23,24,28). The van der Waals surface area contributed by atoms with Gasteiger partial charge in [-0.25, -0.2) is 9.48 Å². The molecular formula is C22H24N4O3. The molecule has 3 rings (SSSR count). The number of rotatable bonds is 8. The van der Waals surface area contributed by atoms with Gasteiger partial charge in [0.2, 0.25) is 0 Å².